The lowest BCUT2D eigenvalue weighted by molar-refractivity contribution is 0.102. The van der Waals surface area contributed by atoms with Gasteiger partial charge in [0.05, 0.1) is 16.8 Å². The molecule has 0 bridgehead atoms. The molecule has 24 heavy (non-hydrogen) atoms. The van der Waals surface area contributed by atoms with Crippen LogP contribution in [0.2, 0.25) is 5.02 Å². The number of carbonyl (C=O) groups is 1. The van der Waals surface area contributed by atoms with Gasteiger partial charge in [-0.3, -0.25) is 9.69 Å². The number of hydrogen-bond donors (Lipinski definition) is 2. The molecule has 1 aliphatic rings. The van der Waals surface area contributed by atoms with Gasteiger partial charge in [0.1, 0.15) is 0 Å². The molecule has 1 amide bonds. The summed E-state index contributed by atoms with van der Waals surface area (Å²) < 4.78 is 0. The first kappa shape index (κ1) is 17.0. The van der Waals surface area contributed by atoms with Crippen molar-refractivity contribution in [3.05, 3.63) is 64.2 Å². The number of carbonyl (C=O) groups excluding carboxylic acids is 1. The standard InChI is InChI=1S/C19H21ClN2O2/c1-13-5-6-17(20)18(9-13)21-19(24)15-4-2-3-14(10-15)11-22-8-7-16(23)12-22/h2-6,9-10,16,23H,7-8,11-12H2,1H3,(H,21,24)/t16-/m0/s1. The minimum absolute atomic E-state index is 0.175. The second-order valence-corrected chi connectivity index (χ2v) is 6.72. The Morgan fingerprint density at radius 3 is 2.92 bits per heavy atom. The van der Waals surface area contributed by atoms with Gasteiger partial charge in [-0.25, -0.2) is 0 Å². The summed E-state index contributed by atoms with van der Waals surface area (Å²) in [6, 6.07) is 13.1. The summed E-state index contributed by atoms with van der Waals surface area (Å²) in [6.07, 6.45) is 0.575. The summed E-state index contributed by atoms with van der Waals surface area (Å²) in [6.45, 7) is 4.27. The van der Waals surface area contributed by atoms with Crippen molar-refractivity contribution < 1.29 is 9.90 Å². The van der Waals surface area contributed by atoms with Crippen molar-refractivity contribution in [1.82, 2.24) is 4.90 Å². The van der Waals surface area contributed by atoms with Gasteiger partial charge in [0.15, 0.2) is 0 Å². The molecule has 3 rings (SSSR count). The number of aliphatic hydroxyl groups excluding tert-OH is 1. The zero-order valence-electron chi connectivity index (χ0n) is 13.6. The molecule has 0 spiro atoms. The Kier molecular flexibility index (Phi) is 5.19. The number of benzene rings is 2. The number of nitrogens with zero attached hydrogens (tertiary/aromatic N) is 1. The van der Waals surface area contributed by atoms with Crippen molar-refractivity contribution in [3.8, 4) is 0 Å². The molecular formula is C19H21ClN2O2. The predicted octanol–water partition coefficient (Wildman–Crippen LogP) is 3.47. The van der Waals surface area contributed by atoms with Crippen LogP contribution in [0.4, 0.5) is 5.69 Å². The average molecular weight is 345 g/mol. The van der Waals surface area contributed by atoms with E-state index in [1.807, 2.05) is 37.3 Å². The van der Waals surface area contributed by atoms with Gasteiger partial charge in [-0.05, 0) is 48.7 Å². The minimum Gasteiger partial charge on any atom is -0.392 e. The normalized spacial score (nSPS) is 17.9. The zero-order chi connectivity index (χ0) is 17.1. The lowest BCUT2D eigenvalue weighted by atomic mass is 10.1. The zero-order valence-corrected chi connectivity index (χ0v) is 14.4. The third kappa shape index (κ3) is 4.15. The maximum atomic E-state index is 12.5. The number of aryl methyl sites for hydroxylation is 1. The molecule has 0 unspecified atom stereocenters. The molecule has 0 radical (unpaired) electrons. The Labute approximate surface area is 147 Å². The van der Waals surface area contributed by atoms with Crippen LogP contribution in [-0.4, -0.2) is 35.1 Å². The van der Waals surface area contributed by atoms with E-state index in [-0.39, 0.29) is 12.0 Å². The van der Waals surface area contributed by atoms with Crippen LogP contribution >= 0.6 is 11.6 Å². The third-order valence-electron chi connectivity index (χ3n) is 4.21. The van der Waals surface area contributed by atoms with Crippen molar-refractivity contribution in [2.24, 2.45) is 0 Å². The lowest BCUT2D eigenvalue weighted by Crippen LogP contribution is -2.21. The molecule has 2 N–H and O–H groups in total. The molecule has 1 atom stereocenters. The monoisotopic (exact) mass is 344 g/mol. The van der Waals surface area contributed by atoms with Crippen LogP contribution in [0.15, 0.2) is 42.5 Å². The molecule has 0 aromatic heterocycles. The number of hydrogen-bond acceptors (Lipinski definition) is 3. The highest BCUT2D eigenvalue weighted by molar-refractivity contribution is 6.34. The quantitative estimate of drug-likeness (QED) is 0.893. The van der Waals surface area contributed by atoms with E-state index in [0.717, 1.165) is 30.6 Å². The molecule has 1 saturated heterocycles. The summed E-state index contributed by atoms with van der Waals surface area (Å²) in [7, 11) is 0. The molecular weight excluding hydrogens is 324 g/mol. The van der Waals surface area contributed by atoms with Crippen LogP contribution in [0.1, 0.15) is 27.9 Å². The fraction of sp³-hybridized carbons (Fsp3) is 0.316. The van der Waals surface area contributed by atoms with Crippen LogP contribution in [0.5, 0.6) is 0 Å². The minimum atomic E-state index is -0.236. The highest BCUT2D eigenvalue weighted by atomic mass is 35.5. The topological polar surface area (TPSA) is 52.6 Å². The van der Waals surface area contributed by atoms with Crippen LogP contribution in [0.25, 0.3) is 0 Å². The van der Waals surface area contributed by atoms with Crippen molar-refractivity contribution in [1.29, 1.82) is 0 Å². The fourth-order valence-corrected chi connectivity index (χ4v) is 3.12. The van der Waals surface area contributed by atoms with Gasteiger partial charge in [0.2, 0.25) is 0 Å². The smallest absolute Gasteiger partial charge is 0.255 e. The Morgan fingerprint density at radius 1 is 1.33 bits per heavy atom. The predicted molar refractivity (Wildman–Crippen MR) is 96.5 cm³/mol. The SMILES string of the molecule is Cc1ccc(Cl)c(NC(=O)c2cccc(CN3CC[C@H](O)C3)c2)c1. The largest absolute Gasteiger partial charge is 0.392 e. The number of amides is 1. The molecule has 1 heterocycles. The van der Waals surface area contributed by atoms with Gasteiger partial charge < -0.3 is 10.4 Å². The van der Waals surface area contributed by atoms with E-state index < -0.39 is 0 Å². The van der Waals surface area contributed by atoms with Gasteiger partial charge in [0, 0.05) is 25.2 Å². The summed E-state index contributed by atoms with van der Waals surface area (Å²) in [5.74, 6) is -0.175. The molecule has 1 fully saturated rings. The van der Waals surface area contributed by atoms with E-state index in [1.54, 1.807) is 12.1 Å². The summed E-state index contributed by atoms with van der Waals surface area (Å²) >= 11 is 6.14. The molecule has 2 aromatic carbocycles. The first-order valence-electron chi connectivity index (χ1n) is 8.08. The second kappa shape index (κ2) is 7.34. The van der Waals surface area contributed by atoms with E-state index in [0.29, 0.717) is 22.8 Å². The number of anilines is 1. The highest BCUT2D eigenvalue weighted by Crippen LogP contribution is 2.23. The Bertz CT molecular complexity index is 748. The van der Waals surface area contributed by atoms with Gasteiger partial charge in [0.25, 0.3) is 5.91 Å². The van der Waals surface area contributed by atoms with E-state index in [1.165, 1.54) is 0 Å². The number of halogens is 1. The van der Waals surface area contributed by atoms with Gasteiger partial charge >= 0.3 is 0 Å². The fourth-order valence-electron chi connectivity index (χ4n) is 2.95. The van der Waals surface area contributed by atoms with Crippen LogP contribution in [-0.2, 0) is 6.54 Å². The molecule has 4 nitrogen and oxygen atoms in total. The number of likely N-dealkylation sites (tertiary alicyclic amines) is 1. The van der Waals surface area contributed by atoms with E-state index >= 15 is 0 Å². The number of β-amino-alcohol motifs (C(OH)–C–C–N with tert-alkyl or cyclic N) is 1. The number of rotatable bonds is 4. The first-order chi connectivity index (χ1) is 11.5. The summed E-state index contributed by atoms with van der Waals surface area (Å²) in [5.41, 5.74) is 3.32. The Balaban J connectivity index is 1.71. The molecule has 1 aliphatic heterocycles. The average Bonchev–Trinajstić information content (AvgIpc) is 2.96. The van der Waals surface area contributed by atoms with E-state index in [9.17, 15) is 9.90 Å². The molecule has 5 heteroatoms. The van der Waals surface area contributed by atoms with E-state index in [4.69, 9.17) is 11.6 Å². The van der Waals surface area contributed by atoms with Crippen molar-refractivity contribution in [3.63, 3.8) is 0 Å². The van der Waals surface area contributed by atoms with Crippen molar-refractivity contribution in [2.45, 2.75) is 26.0 Å². The van der Waals surface area contributed by atoms with E-state index in [2.05, 4.69) is 10.2 Å². The van der Waals surface area contributed by atoms with Crippen molar-refractivity contribution in [2.75, 3.05) is 18.4 Å². The third-order valence-corrected chi connectivity index (χ3v) is 4.54. The lowest BCUT2D eigenvalue weighted by Gasteiger charge is -2.15. The van der Waals surface area contributed by atoms with Crippen LogP contribution in [0.3, 0.4) is 0 Å². The van der Waals surface area contributed by atoms with Crippen LogP contribution in [0, 0.1) is 6.92 Å². The van der Waals surface area contributed by atoms with Gasteiger partial charge in [-0.15, -0.1) is 0 Å². The molecule has 0 aliphatic carbocycles. The maximum Gasteiger partial charge on any atom is 0.255 e. The number of nitrogens with one attached hydrogen (secondary N) is 1. The van der Waals surface area contributed by atoms with Gasteiger partial charge in [-0.2, -0.15) is 0 Å². The van der Waals surface area contributed by atoms with Crippen molar-refractivity contribution >= 4 is 23.2 Å². The number of aliphatic hydroxyl groups is 1. The molecule has 0 saturated carbocycles. The first-order valence-corrected chi connectivity index (χ1v) is 8.46. The second-order valence-electron chi connectivity index (χ2n) is 6.32. The summed E-state index contributed by atoms with van der Waals surface area (Å²) in [4.78, 5) is 14.7. The Morgan fingerprint density at radius 2 is 2.17 bits per heavy atom. The highest BCUT2D eigenvalue weighted by Gasteiger charge is 2.20. The van der Waals surface area contributed by atoms with Gasteiger partial charge in [-0.1, -0.05) is 29.8 Å². The molecule has 2 aromatic rings. The van der Waals surface area contributed by atoms with Crippen LogP contribution < -0.4 is 5.32 Å². The molecule has 126 valence electrons. The maximum absolute atomic E-state index is 12.5. The Hall–Kier alpha value is -1.88. The summed E-state index contributed by atoms with van der Waals surface area (Å²) in [5, 5.41) is 13.0.